The molecule has 3 aliphatic rings. The number of para-hydroxylation sites is 1. The number of nitrogens with one attached hydrogen (secondary N) is 1. The summed E-state index contributed by atoms with van der Waals surface area (Å²) in [7, 11) is 0. The van der Waals surface area contributed by atoms with Crippen molar-refractivity contribution in [2.45, 2.75) is 13.3 Å². The molecule has 0 radical (unpaired) electrons. The molecule has 2 aliphatic carbocycles. The third-order valence-corrected chi connectivity index (χ3v) is 7.06. The molecule has 6 heteroatoms. The van der Waals surface area contributed by atoms with Gasteiger partial charge in [0.25, 0.3) is 5.91 Å². The highest BCUT2D eigenvalue weighted by atomic mass is 16.2. The van der Waals surface area contributed by atoms with Crippen molar-refractivity contribution in [3.63, 3.8) is 0 Å². The summed E-state index contributed by atoms with van der Waals surface area (Å²) in [5.41, 5.74) is 3.09. The van der Waals surface area contributed by atoms with E-state index < -0.39 is 0 Å². The van der Waals surface area contributed by atoms with E-state index in [9.17, 15) is 14.4 Å². The number of allylic oxidation sites excluding steroid dienone is 2. The number of aromatic nitrogens is 1. The van der Waals surface area contributed by atoms with Crippen molar-refractivity contribution in [1.29, 1.82) is 0 Å². The number of imide groups is 1. The lowest BCUT2D eigenvalue weighted by molar-refractivity contribution is -0.123. The lowest BCUT2D eigenvalue weighted by Crippen LogP contribution is -2.33. The van der Waals surface area contributed by atoms with E-state index in [-0.39, 0.29) is 41.4 Å². The van der Waals surface area contributed by atoms with Gasteiger partial charge in [0, 0.05) is 17.1 Å². The van der Waals surface area contributed by atoms with Crippen LogP contribution >= 0.6 is 0 Å². The van der Waals surface area contributed by atoms with Crippen molar-refractivity contribution in [3.05, 3.63) is 78.0 Å². The number of hydrogen-bond acceptors (Lipinski definition) is 4. The van der Waals surface area contributed by atoms with Gasteiger partial charge in [0.1, 0.15) is 0 Å². The molecule has 0 spiro atoms. The van der Waals surface area contributed by atoms with Gasteiger partial charge in [0.2, 0.25) is 11.8 Å². The highest BCUT2D eigenvalue weighted by Gasteiger charge is 2.59. The molecule has 1 saturated heterocycles. The molecule has 4 atom stereocenters. The predicted molar refractivity (Wildman–Crippen MR) is 121 cm³/mol. The third kappa shape index (κ3) is 2.65. The number of carbonyl (C=O) groups excluding carboxylic acids is 3. The first-order chi connectivity index (χ1) is 15.5. The highest BCUT2D eigenvalue weighted by Crippen LogP contribution is 2.53. The highest BCUT2D eigenvalue weighted by molar-refractivity contribution is 6.23. The molecule has 1 saturated carbocycles. The average Bonchev–Trinajstić information content (AvgIpc) is 3.47. The van der Waals surface area contributed by atoms with E-state index in [0.29, 0.717) is 22.5 Å². The SMILES string of the molecule is Cc1cc(N2C(=O)[C@@H]3[C@H](C2=O)[C@@H]2C=C[C@H]3C2)ccc1C(=O)Nc1cccc2cccnc12. The van der Waals surface area contributed by atoms with E-state index in [1.54, 1.807) is 24.4 Å². The normalized spacial score (nSPS) is 25.6. The van der Waals surface area contributed by atoms with Gasteiger partial charge >= 0.3 is 0 Å². The predicted octanol–water partition coefficient (Wildman–Crippen LogP) is 4.11. The van der Waals surface area contributed by atoms with Crippen LogP contribution < -0.4 is 10.2 Å². The molecule has 2 fully saturated rings. The maximum absolute atomic E-state index is 13.1. The first kappa shape index (κ1) is 18.9. The van der Waals surface area contributed by atoms with Crippen LogP contribution in [0.1, 0.15) is 22.3 Å². The van der Waals surface area contributed by atoms with Crippen LogP contribution in [0.3, 0.4) is 0 Å². The first-order valence-corrected chi connectivity index (χ1v) is 10.8. The summed E-state index contributed by atoms with van der Waals surface area (Å²) in [6.45, 7) is 1.82. The number of anilines is 2. The minimum atomic E-state index is -0.259. The molecule has 1 aliphatic heterocycles. The zero-order valence-electron chi connectivity index (χ0n) is 17.5. The molecule has 2 aromatic carbocycles. The van der Waals surface area contributed by atoms with Gasteiger partial charge in [-0.2, -0.15) is 0 Å². The van der Waals surface area contributed by atoms with Gasteiger partial charge in [-0.05, 0) is 61.1 Å². The summed E-state index contributed by atoms with van der Waals surface area (Å²) in [6.07, 6.45) is 6.77. The molecule has 158 valence electrons. The van der Waals surface area contributed by atoms with Crippen molar-refractivity contribution in [1.82, 2.24) is 4.98 Å². The van der Waals surface area contributed by atoms with Crippen LogP contribution in [0.25, 0.3) is 10.9 Å². The molecule has 3 amide bonds. The van der Waals surface area contributed by atoms with E-state index in [1.807, 2.05) is 37.3 Å². The molecule has 3 aromatic rings. The Morgan fingerprint density at radius 1 is 1.00 bits per heavy atom. The second kappa shape index (κ2) is 6.85. The summed E-state index contributed by atoms with van der Waals surface area (Å²) >= 11 is 0. The number of fused-ring (bicyclic) bond motifs is 6. The molecule has 6 nitrogen and oxygen atoms in total. The van der Waals surface area contributed by atoms with Gasteiger partial charge in [-0.15, -0.1) is 0 Å². The smallest absolute Gasteiger partial charge is 0.255 e. The molecule has 2 heterocycles. The minimum absolute atomic E-state index is 0.115. The van der Waals surface area contributed by atoms with E-state index in [2.05, 4.69) is 22.5 Å². The summed E-state index contributed by atoms with van der Waals surface area (Å²) < 4.78 is 0. The van der Waals surface area contributed by atoms with Crippen LogP contribution in [0.15, 0.2) is 66.9 Å². The summed E-state index contributed by atoms with van der Waals surface area (Å²) in [4.78, 5) is 44.8. The molecule has 0 unspecified atom stereocenters. The summed E-state index contributed by atoms with van der Waals surface area (Å²) in [6, 6.07) is 14.6. The Bertz CT molecular complexity index is 1310. The number of rotatable bonds is 3. The number of pyridine rings is 1. The van der Waals surface area contributed by atoms with Crippen LogP contribution in [0.5, 0.6) is 0 Å². The lowest BCUT2D eigenvalue weighted by Gasteiger charge is -2.19. The molecular weight excluding hydrogens is 402 g/mol. The maximum atomic E-state index is 13.1. The van der Waals surface area contributed by atoms with Gasteiger partial charge < -0.3 is 5.32 Å². The van der Waals surface area contributed by atoms with E-state index in [0.717, 1.165) is 17.3 Å². The van der Waals surface area contributed by atoms with Gasteiger partial charge in [-0.25, -0.2) is 0 Å². The Morgan fingerprint density at radius 3 is 2.44 bits per heavy atom. The largest absolute Gasteiger partial charge is 0.320 e. The summed E-state index contributed by atoms with van der Waals surface area (Å²) in [5.74, 6) is -0.617. The number of hydrogen-bond donors (Lipinski definition) is 1. The number of aryl methyl sites for hydroxylation is 1. The quantitative estimate of drug-likeness (QED) is 0.508. The monoisotopic (exact) mass is 423 g/mol. The number of benzene rings is 2. The van der Waals surface area contributed by atoms with Crippen LogP contribution in [-0.2, 0) is 9.59 Å². The van der Waals surface area contributed by atoms with E-state index in [4.69, 9.17) is 0 Å². The van der Waals surface area contributed by atoms with Crippen molar-refractivity contribution in [2.24, 2.45) is 23.7 Å². The molecular formula is C26H21N3O3. The van der Waals surface area contributed by atoms with Crippen LogP contribution in [0, 0.1) is 30.6 Å². The lowest BCUT2D eigenvalue weighted by atomic mass is 9.85. The topological polar surface area (TPSA) is 79.4 Å². The standard InChI is InChI=1S/C26H21N3O3/c1-14-12-18(29-25(31)21-16-7-8-17(13-16)22(21)26(29)32)9-10-19(14)24(30)28-20-6-2-4-15-5-3-11-27-23(15)20/h2-12,16-17,21-22H,13H2,1H3,(H,28,30)/t16-,17+,21-,22+. The number of nitrogens with zero attached hydrogens (tertiary/aromatic N) is 2. The number of amides is 3. The third-order valence-electron chi connectivity index (χ3n) is 7.06. The van der Waals surface area contributed by atoms with Crippen molar-refractivity contribution >= 4 is 40.0 Å². The van der Waals surface area contributed by atoms with Crippen LogP contribution in [0.4, 0.5) is 11.4 Å². The second-order valence-electron chi connectivity index (χ2n) is 8.85. The Balaban J connectivity index is 1.28. The Morgan fingerprint density at radius 2 is 1.72 bits per heavy atom. The van der Waals surface area contributed by atoms with Gasteiger partial charge in [0.15, 0.2) is 0 Å². The molecule has 32 heavy (non-hydrogen) atoms. The number of carbonyl (C=O) groups is 3. The molecule has 2 bridgehead atoms. The van der Waals surface area contributed by atoms with Crippen LogP contribution in [-0.4, -0.2) is 22.7 Å². The van der Waals surface area contributed by atoms with E-state index >= 15 is 0 Å². The van der Waals surface area contributed by atoms with Gasteiger partial charge in [-0.3, -0.25) is 24.3 Å². The second-order valence-corrected chi connectivity index (χ2v) is 8.85. The fourth-order valence-electron chi connectivity index (χ4n) is 5.59. The van der Waals surface area contributed by atoms with Gasteiger partial charge in [-0.1, -0.05) is 30.4 Å². The zero-order chi connectivity index (χ0) is 22.0. The van der Waals surface area contributed by atoms with Crippen LogP contribution in [0.2, 0.25) is 0 Å². The minimum Gasteiger partial charge on any atom is -0.320 e. The van der Waals surface area contributed by atoms with Crippen molar-refractivity contribution in [3.8, 4) is 0 Å². The average molecular weight is 423 g/mol. The molecule has 6 rings (SSSR count). The van der Waals surface area contributed by atoms with Crippen molar-refractivity contribution < 1.29 is 14.4 Å². The van der Waals surface area contributed by atoms with E-state index in [1.165, 1.54) is 4.90 Å². The Hall–Kier alpha value is -3.80. The Labute approximate surface area is 184 Å². The summed E-state index contributed by atoms with van der Waals surface area (Å²) in [5, 5.41) is 3.89. The van der Waals surface area contributed by atoms with Crippen molar-refractivity contribution in [2.75, 3.05) is 10.2 Å². The first-order valence-electron chi connectivity index (χ1n) is 10.8. The Kier molecular flexibility index (Phi) is 4.05. The molecule has 1 aromatic heterocycles. The fraction of sp³-hybridized carbons (Fsp3) is 0.231. The maximum Gasteiger partial charge on any atom is 0.255 e. The zero-order valence-corrected chi connectivity index (χ0v) is 17.5. The van der Waals surface area contributed by atoms with Gasteiger partial charge in [0.05, 0.1) is 28.7 Å². The molecule has 1 N–H and O–H groups in total. The fourth-order valence-corrected chi connectivity index (χ4v) is 5.59.